The normalized spacial score (nSPS) is 17.5. The highest BCUT2D eigenvalue weighted by Crippen LogP contribution is 2.20. The lowest BCUT2D eigenvalue weighted by Gasteiger charge is -2.31. The number of hydrogen-bond acceptors (Lipinski definition) is 3. The summed E-state index contributed by atoms with van der Waals surface area (Å²) < 4.78 is 0. The van der Waals surface area contributed by atoms with Crippen molar-refractivity contribution in [1.29, 1.82) is 0 Å². The molecule has 0 radical (unpaired) electrons. The topological polar surface area (TPSA) is 75.0 Å². The van der Waals surface area contributed by atoms with E-state index in [1.165, 1.54) is 0 Å². The number of carbonyl (C=O) groups excluding carboxylic acids is 1. The summed E-state index contributed by atoms with van der Waals surface area (Å²) in [6.07, 6.45) is 2.02. The first kappa shape index (κ1) is 12.1. The molecule has 1 aliphatic rings. The van der Waals surface area contributed by atoms with Crippen LogP contribution < -0.4 is 5.73 Å². The molecule has 1 aromatic heterocycles. The number of nitrogens with two attached hydrogens (primary N) is 1. The Hall–Kier alpha value is -1.36. The van der Waals surface area contributed by atoms with Gasteiger partial charge in [0.2, 0.25) is 0 Å². The Morgan fingerprint density at radius 1 is 1.47 bits per heavy atom. The van der Waals surface area contributed by atoms with Crippen molar-refractivity contribution in [3.05, 3.63) is 17.0 Å². The first-order valence-electron chi connectivity index (χ1n) is 6.14. The number of aromatic amines is 1. The number of rotatable bonds is 2. The van der Waals surface area contributed by atoms with Crippen LogP contribution in [-0.2, 0) is 0 Å². The van der Waals surface area contributed by atoms with Crippen molar-refractivity contribution in [2.24, 2.45) is 11.7 Å². The second kappa shape index (κ2) is 4.87. The highest BCUT2D eigenvalue weighted by Gasteiger charge is 2.25. The highest BCUT2D eigenvalue weighted by atomic mass is 16.2. The maximum atomic E-state index is 12.3. The Morgan fingerprint density at radius 2 is 2.12 bits per heavy atom. The molecule has 1 fully saturated rings. The molecule has 5 heteroatoms. The van der Waals surface area contributed by atoms with Crippen LogP contribution in [0, 0.1) is 19.8 Å². The molecule has 1 amide bonds. The van der Waals surface area contributed by atoms with E-state index in [4.69, 9.17) is 5.73 Å². The molecule has 0 spiro atoms. The molecule has 1 saturated heterocycles. The van der Waals surface area contributed by atoms with Crippen LogP contribution in [0.2, 0.25) is 0 Å². The predicted octanol–water partition coefficient (Wildman–Crippen LogP) is 0.837. The van der Waals surface area contributed by atoms with Gasteiger partial charge in [0.05, 0.1) is 11.3 Å². The molecular weight excluding hydrogens is 216 g/mol. The third-order valence-corrected chi connectivity index (χ3v) is 3.58. The molecule has 94 valence electrons. The zero-order chi connectivity index (χ0) is 12.4. The summed E-state index contributed by atoms with van der Waals surface area (Å²) in [7, 11) is 0. The number of aryl methyl sites for hydroxylation is 2. The number of nitrogens with one attached hydrogen (secondary N) is 1. The molecule has 0 saturated carbocycles. The summed E-state index contributed by atoms with van der Waals surface area (Å²) >= 11 is 0. The molecule has 3 N–H and O–H groups in total. The number of nitrogens with zero attached hydrogens (tertiary/aromatic N) is 2. The fraction of sp³-hybridized carbons (Fsp3) is 0.667. The van der Waals surface area contributed by atoms with Crippen molar-refractivity contribution in [1.82, 2.24) is 15.1 Å². The monoisotopic (exact) mass is 236 g/mol. The minimum atomic E-state index is 0.101. The molecule has 5 nitrogen and oxygen atoms in total. The number of aromatic nitrogens is 2. The SMILES string of the molecule is Cc1n[nH]c(C)c1C(=O)N1CCC(CN)CC1. The Bertz CT molecular complexity index is 385. The smallest absolute Gasteiger partial charge is 0.257 e. The van der Waals surface area contributed by atoms with Crippen LogP contribution in [0.25, 0.3) is 0 Å². The fourth-order valence-corrected chi connectivity index (χ4v) is 2.40. The zero-order valence-electron chi connectivity index (χ0n) is 10.5. The first-order valence-corrected chi connectivity index (χ1v) is 6.14. The standard InChI is InChI=1S/C12H20N4O/c1-8-11(9(2)15-14-8)12(17)16-5-3-10(7-13)4-6-16/h10H,3-7,13H2,1-2H3,(H,14,15). The molecule has 0 aliphatic carbocycles. The van der Waals surface area contributed by atoms with E-state index in [1.807, 2.05) is 18.7 Å². The maximum Gasteiger partial charge on any atom is 0.257 e. The van der Waals surface area contributed by atoms with Crippen LogP contribution in [0.1, 0.15) is 34.6 Å². The number of hydrogen-bond donors (Lipinski definition) is 2. The molecule has 0 atom stereocenters. The van der Waals surface area contributed by atoms with Gasteiger partial charge in [0.15, 0.2) is 0 Å². The molecule has 1 aromatic rings. The summed E-state index contributed by atoms with van der Waals surface area (Å²) in [5.74, 6) is 0.676. The summed E-state index contributed by atoms with van der Waals surface area (Å²) in [5.41, 5.74) is 8.02. The van der Waals surface area contributed by atoms with Crippen molar-refractivity contribution in [2.75, 3.05) is 19.6 Å². The van der Waals surface area contributed by atoms with E-state index in [2.05, 4.69) is 10.2 Å². The van der Waals surface area contributed by atoms with Gasteiger partial charge in [-0.2, -0.15) is 5.10 Å². The van der Waals surface area contributed by atoms with Crippen molar-refractivity contribution in [2.45, 2.75) is 26.7 Å². The van der Waals surface area contributed by atoms with Gasteiger partial charge in [-0.25, -0.2) is 0 Å². The lowest BCUT2D eigenvalue weighted by Crippen LogP contribution is -2.40. The van der Waals surface area contributed by atoms with Gasteiger partial charge in [0.25, 0.3) is 5.91 Å². The first-order chi connectivity index (χ1) is 8.13. The molecule has 0 unspecified atom stereocenters. The molecular formula is C12H20N4O. The van der Waals surface area contributed by atoms with Crippen LogP contribution in [0.3, 0.4) is 0 Å². The van der Waals surface area contributed by atoms with Gasteiger partial charge >= 0.3 is 0 Å². The van der Waals surface area contributed by atoms with Gasteiger partial charge in [-0.15, -0.1) is 0 Å². The van der Waals surface area contributed by atoms with Gasteiger partial charge in [-0.05, 0) is 39.2 Å². The Balaban J connectivity index is 2.07. The van der Waals surface area contributed by atoms with Crippen molar-refractivity contribution in [3.63, 3.8) is 0 Å². The van der Waals surface area contributed by atoms with Gasteiger partial charge in [0, 0.05) is 18.8 Å². The van der Waals surface area contributed by atoms with E-state index >= 15 is 0 Å². The second-order valence-electron chi connectivity index (χ2n) is 4.78. The van der Waals surface area contributed by atoms with Crippen molar-refractivity contribution >= 4 is 5.91 Å². The predicted molar refractivity (Wildman–Crippen MR) is 65.7 cm³/mol. The van der Waals surface area contributed by atoms with E-state index in [1.54, 1.807) is 0 Å². The van der Waals surface area contributed by atoms with Crippen LogP contribution in [0.4, 0.5) is 0 Å². The second-order valence-corrected chi connectivity index (χ2v) is 4.78. The van der Waals surface area contributed by atoms with Crippen molar-refractivity contribution < 1.29 is 4.79 Å². The number of H-pyrrole nitrogens is 1. The average Bonchev–Trinajstić information content (AvgIpc) is 2.68. The van der Waals surface area contributed by atoms with Gasteiger partial charge < -0.3 is 10.6 Å². The number of piperidine rings is 1. The Morgan fingerprint density at radius 3 is 2.59 bits per heavy atom. The maximum absolute atomic E-state index is 12.3. The summed E-state index contributed by atoms with van der Waals surface area (Å²) in [4.78, 5) is 14.2. The zero-order valence-corrected chi connectivity index (χ0v) is 10.5. The third kappa shape index (κ3) is 2.34. The number of likely N-dealkylation sites (tertiary alicyclic amines) is 1. The van der Waals surface area contributed by atoms with Crippen LogP contribution in [0.5, 0.6) is 0 Å². The largest absolute Gasteiger partial charge is 0.339 e. The lowest BCUT2D eigenvalue weighted by molar-refractivity contribution is 0.0692. The van der Waals surface area contributed by atoms with Crippen LogP contribution in [-0.4, -0.2) is 40.6 Å². The summed E-state index contributed by atoms with van der Waals surface area (Å²) in [6.45, 7) is 6.10. The molecule has 2 rings (SSSR count). The summed E-state index contributed by atoms with van der Waals surface area (Å²) in [5, 5.41) is 6.93. The van der Waals surface area contributed by atoms with E-state index in [-0.39, 0.29) is 5.91 Å². The van der Waals surface area contributed by atoms with E-state index in [0.717, 1.165) is 49.4 Å². The molecule has 0 bridgehead atoms. The highest BCUT2D eigenvalue weighted by molar-refractivity contribution is 5.96. The van der Waals surface area contributed by atoms with Gasteiger partial charge in [0.1, 0.15) is 0 Å². The Labute approximate surface area is 101 Å². The van der Waals surface area contributed by atoms with Gasteiger partial charge in [-0.1, -0.05) is 0 Å². The molecule has 2 heterocycles. The quantitative estimate of drug-likeness (QED) is 0.799. The van der Waals surface area contributed by atoms with Gasteiger partial charge in [-0.3, -0.25) is 9.89 Å². The molecule has 17 heavy (non-hydrogen) atoms. The van der Waals surface area contributed by atoms with Crippen LogP contribution >= 0.6 is 0 Å². The lowest BCUT2D eigenvalue weighted by atomic mass is 9.96. The summed E-state index contributed by atoms with van der Waals surface area (Å²) in [6, 6.07) is 0. The average molecular weight is 236 g/mol. The van der Waals surface area contributed by atoms with Crippen molar-refractivity contribution in [3.8, 4) is 0 Å². The number of amides is 1. The number of carbonyl (C=O) groups is 1. The molecule has 1 aliphatic heterocycles. The Kier molecular flexibility index (Phi) is 3.47. The van der Waals surface area contributed by atoms with E-state index < -0.39 is 0 Å². The van der Waals surface area contributed by atoms with E-state index in [9.17, 15) is 4.79 Å². The minimum Gasteiger partial charge on any atom is -0.339 e. The van der Waals surface area contributed by atoms with E-state index in [0.29, 0.717) is 5.92 Å². The van der Waals surface area contributed by atoms with Crippen LogP contribution in [0.15, 0.2) is 0 Å². The molecule has 0 aromatic carbocycles. The fourth-order valence-electron chi connectivity index (χ4n) is 2.40. The minimum absolute atomic E-state index is 0.101. The third-order valence-electron chi connectivity index (χ3n) is 3.58.